The second-order valence-corrected chi connectivity index (χ2v) is 2.92. The van der Waals surface area contributed by atoms with E-state index in [1.807, 2.05) is 0 Å². The molecule has 1 aromatic rings. The van der Waals surface area contributed by atoms with Crippen molar-refractivity contribution in [2.75, 3.05) is 7.11 Å². The SMILES string of the molecule is COc1cc(C=CC#N)ccc1C(F)(F)F. The third kappa shape index (κ3) is 2.76. The molecule has 0 fully saturated rings. The van der Waals surface area contributed by atoms with E-state index >= 15 is 0 Å². The Morgan fingerprint density at radius 3 is 2.56 bits per heavy atom. The van der Waals surface area contributed by atoms with Crippen LogP contribution in [0.4, 0.5) is 13.2 Å². The van der Waals surface area contributed by atoms with Gasteiger partial charge in [-0.15, -0.1) is 0 Å². The summed E-state index contributed by atoms with van der Waals surface area (Å²) in [5.41, 5.74) is -0.351. The van der Waals surface area contributed by atoms with E-state index < -0.39 is 11.7 Å². The first kappa shape index (κ1) is 12.1. The maximum Gasteiger partial charge on any atom is 0.419 e. The van der Waals surface area contributed by atoms with Crippen LogP contribution in [0.2, 0.25) is 0 Å². The zero-order valence-corrected chi connectivity index (χ0v) is 8.38. The smallest absolute Gasteiger partial charge is 0.419 e. The number of nitrogens with zero attached hydrogens (tertiary/aromatic N) is 1. The van der Waals surface area contributed by atoms with E-state index in [9.17, 15) is 13.2 Å². The zero-order valence-electron chi connectivity index (χ0n) is 8.38. The number of allylic oxidation sites excluding steroid dienone is 1. The standard InChI is InChI=1S/C11H8F3NO/c1-16-10-7-8(3-2-6-15)4-5-9(10)11(12,13)14/h2-5,7H,1H3. The van der Waals surface area contributed by atoms with Gasteiger partial charge in [-0.2, -0.15) is 18.4 Å². The zero-order chi connectivity index (χ0) is 12.2. The van der Waals surface area contributed by atoms with Gasteiger partial charge in [0.25, 0.3) is 0 Å². The summed E-state index contributed by atoms with van der Waals surface area (Å²) in [4.78, 5) is 0. The number of halogens is 3. The molecule has 0 amide bonds. The van der Waals surface area contributed by atoms with Crippen LogP contribution in [0.25, 0.3) is 6.08 Å². The van der Waals surface area contributed by atoms with Gasteiger partial charge in [0.2, 0.25) is 0 Å². The van der Waals surface area contributed by atoms with E-state index in [0.29, 0.717) is 5.56 Å². The molecule has 0 aliphatic rings. The van der Waals surface area contributed by atoms with Crippen molar-refractivity contribution in [1.82, 2.24) is 0 Å². The van der Waals surface area contributed by atoms with Crippen LogP contribution >= 0.6 is 0 Å². The highest BCUT2D eigenvalue weighted by Crippen LogP contribution is 2.36. The minimum atomic E-state index is -4.44. The van der Waals surface area contributed by atoms with Crippen LogP contribution < -0.4 is 4.74 Å². The second kappa shape index (κ2) is 4.71. The van der Waals surface area contributed by atoms with Gasteiger partial charge < -0.3 is 4.74 Å². The van der Waals surface area contributed by atoms with Crippen molar-refractivity contribution < 1.29 is 17.9 Å². The van der Waals surface area contributed by atoms with Crippen molar-refractivity contribution in [1.29, 1.82) is 5.26 Å². The largest absolute Gasteiger partial charge is 0.496 e. The number of hydrogen-bond donors (Lipinski definition) is 0. The number of hydrogen-bond acceptors (Lipinski definition) is 2. The summed E-state index contributed by atoms with van der Waals surface area (Å²) in [6.07, 6.45) is -1.85. The van der Waals surface area contributed by atoms with Gasteiger partial charge in [0, 0.05) is 6.08 Å². The molecule has 0 aromatic heterocycles. The van der Waals surface area contributed by atoms with E-state index in [-0.39, 0.29) is 5.75 Å². The molecule has 0 heterocycles. The molecule has 0 spiro atoms. The van der Waals surface area contributed by atoms with Gasteiger partial charge in [0.05, 0.1) is 18.7 Å². The van der Waals surface area contributed by atoms with Crippen molar-refractivity contribution >= 4 is 6.08 Å². The Kier molecular flexibility index (Phi) is 3.56. The van der Waals surface area contributed by atoms with Crippen LogP contribution in [0.5, 0.6) is 5.75 Å². The summed E-state index contributed by atoms with van der Waals surface area (Å²) in [6, 6.07) is 5.19. The molecule has 0 radical (unpaired) electrons. The van der Waals surface area contributed by atoms with Crippen molar-refractivity contribution in [3.63, 3.8) is 0 Å². The summed E-state index contributed by atoms with van der Waals surface area (Å²) >= 11 is 0. The highest BCUT2D eigenvalue weighted by molar-refractivity contribution is 5.56. The predicted octanol–water partition coefficient (Wildman–Crippen LogP) is 3.25. The Balaban J connectivity index is 3.18. The van der Waals surface area contributed by atoms with E-state index in [1.165, 1.54) is 31.4 Å². The fourth-order valence-corrected chi connectivity index (χ4v) is 1.18. The highest BCUT2D eigenvalue weighted by atomic mass is 19.4. The Bertz CT molecular complexity index is 444. The Labute approximate surface area is 90.6 Å². The van der Waals surface area contributed by atoms with Crippen LogP contribution in [-0.4, -0.2) is 7.11 Å². The predicted molar refractivity (Wildman–Crippen MR) is 52.6 cm³/mol. The maximum absolute atomic E-state index is 12.5. The van der Waals surface area contributed by atoms with Crippen molar-refractivity contribution in [2.24, 2.45) is 0 Å². The van der Waals surface area contributed by atoms with Gasteiger partial charge in [0.15, 0.2) is 0 Å². The average molecular weight is 227 g/mol. The van der Waals surface area contributed by atoms with Crippen LogP contribution in [-0.2, 0) is 6.18 Å². The van der Waals surface area contributed by atoms with Gasteiger partial charge >= 0.3 is 6.18 Å². The number of benzene rings is 1. The van der Waals surface area contributed by atoms with Gasteiger partial charge in [-0.1, -0.05) is 6.07 Å². The fraction of sp³-hybridized carbons (Fsp3) is 0.182. The first-order chi connectivity index (χ1) is 7.49. The topological polar surface area (TPSA) is 33.0 Å². The summed E-state index contributed by atoms with van der Waals surface area (Å²) < 4.78 is 42.1. The lowest BCUT2D eigenvalue weighted by atomic mass is 10.1. The Hall–Kier alpha value is -1.96. The Morgan fingerprint density at radius 2 is 2.06 bits per heavy atom. The molecule has 1 aromatic carbocycles. The molecule has 0 unspecified atom stereocenters. The lowest BCUT2D eigenvalue weighted by molar-refractivity contribution is -0.138. The summed E-state index contributed by atoms with van der Waals surface area (Å²) in [7, 11) is 1.17. The molecule has 0 atom stereocenters. The fourth-order valence-electron chi connectivity index (χ4n) is 1.18. The first-order valence-electron chi connectivity index (χ1n) is 4.30. The molecule has 2 nitrogen and oxygen atoms in total. The van der Waals surface area contributed by atoms with Gasteiger partial charge in [0.1, 0.15) is 5.75 Å². The summed E-state index contributed by atoms with van der Waals surface area (Å²) in [6.45, 7) is 0. The number of nitriles is 1. The molecule has 0 N–H and O–H groups in total. The minimum Gasteiger partial charge on any atom is -0.496 e. The number of rotatable bonds is 2. The monoisotopic (exact) mass is 227 g/mol. The lowest BCUT2D eigenvalue weighted by Gasteiger charge is -2.11. The molecule has 0 saturated carbocycles. The molecular weight excluding hydrogens is 219 g/mol. The molecule has 1 rings (SSSR count). The molecular formula is C11H8F3NO. The quantitative estimate of drug-likeness (QED) is 0.726. The van der Waals surface area contributed by atoms with E-state index in [2.05, 4.69) is 4.74 Å². The maximum atomic E-state index is 12.5. The lowest BCUT2D eigenvalue weighted by Crippen LogP contribution is -2.07. The van der Waals surface area contributed by atoms with Crippen molar-refractivity contribution in [2.45, 2.75) is 6.18 Å². The van der Waals surface area contributed by atoms with E-state index in [0.717, 1.165) is 6.07 Å². The van der Waals surface area contributed by atoms with Crippen LogP contribution in [0.3, 0.4) is 0 Å². The summed E-state index contributed by atoms with van der Waals surface area (Å²) in [5.74, 6) is -0.257. The van der Waals surface area contributed by atoms with Crippen LogP contribution in [0.1, 0.15) is 11.1 Å². The van der Waals surface area contributed by atoms with Crippen molar-refractivity contribution in [3.8, 4) is 11.8 Å². The van der Waals surface area contributed by atoms with E-state index in [4.69, 9.17) is 5.26 Å². The first-order valence-corrected chi connectivity index (χ1v) is 4.30. The van der Waals surface area contributed by atoms with Gasteiger partial charge in [-0.25, -0.2) is 0 Å². The van der Waals surface area contributed by atoms with E-state index in [1.54, 1.807) is 6.07 Å². The second-order valence-electron chi connectivity index (χ2n) is 2.92. The normalized spacial score (nSPS) is 11.4. The summed E-state index contributed by atoms with van der Waals surface area (Å²) in [5, 5.41) is 8.29. The number of ether oxygens (including phenoxy) is 1. The van der Waals surface area contributed by atoms with Crippen LogP contribution in [0.15, 0.2) is 24.3 Å². The number of methoxy groups -OCH3 is 1. The molecule has 84 valence electrons. The highest BCUT2D eigenvalue weighted by Gasteiger charge is 2.34. The molecule has 0 aliphatic carbocycles. The van der Waals surface area contributed by atoms with Crippen molar-refractivity contribution in [3.05, 3.63) is 35.4 Å². The molecule has 0 aliphatic heterocycles. The molecule has 0 bridgehead atoms. The number of alkyl halides is 3. The van der Waals surface area contributed by atoms with Gasteiger partial charge in [-0.05, 0) is 23.8 Å². The average Bonchev–Trinajstić information content (AvgIpc) is 2.24. The van der Waals surface area contributed by atoms with Crippen LogP contribution in [0, 0.1) is 11.3 Å². The third-order valence-corrected chi connectivity index (χ3v) is 1.88. The molecule has 5 heteroatoms. The van der Waals surface area contributed by atoms with Gasteiger partial charge in [-0.3, -0.25) is 0 Å². The Morgan fingerprint density at radius 1 is 1.38 bits per heavy atom. The molecule has 0 saturated heterocycles. The third-order valence-electron chi connectivity index (χ3n) is 1.88. The molecule has 16 heavy (non-hydrogen) atoms. The minimum absolute atomic E-state index is 0.257.